The highest BCUT2D eigenvalue weighted by atomic mass is 19.1. The number of H-pyrrole nitrogens is 1. The first-order chi connectivity index (χ1) is 17.3. The fraction of sp³-hybridized carbons (Fsp3) is 0.143. The molecule has 0 radical (unpaired) electrons. The van der Waals surface area contributed by atoms with Crippen LogP contribution in [-0.4, -0.2) is 14.1 Å². The smallest absolute Gasteiger partial charge is 0.274 e. The van der Waals surface area contributed by atoms with Crippen molar-refractivity contribution in [3.8, 4) is 33.5 Å². The van der Waals surface area contributed by atoms with Gasteiger partial charge in [-0.15, -0.1) is 0 Å². The molecular formula is C28H21F2N3O3. The van der Waals surface area contributed by atoms with Crippen molar-refractivity contribution in [1.82, 2.24) is 14.1 Å². The molecule has 6 rings (SSSR count). The van der Waals surface area contributed by atoms with Gasteiger partial charge in [-0.1, -0.05) is 18.2 Å². The van der Waals surface area contributed by atoms with E-state index in [1.54, 1.807) is 38.6 Å². The summed E-state index contributed by atoms with van der Waals surface area (Å²) in [6.45, 7) is 0.993. The van der Waals surface area contributed by atoms with Crippen LogP contribution in [0.4, 0.5) is 8.78 Å². The van der Waals surface area contributed by atoms with Gasteiger partial charge in [0.05, 0.1) is 13.2 Å². The van der Waals surface area contributed by atoms with E-state index in [0.717, 1.165) is 28.3 Å². The highest BCUT2D eigenvalue weighted by molar-refractivity contribution is 6.01. The van der Waals surface area contributed by atoms with Crippen molar-refractivity contribution in [2.75, 3.05) is 0 Å². The van der Waals surface area contributed by atoms with Crippen molar-refractivity contribution in [2.24, 2.45) is 14.1 Å². The molecule has 0 atom stereocenters. The van der Waals surface area contributed by atoms with Crippen molar-refractivity contribution < 1.29 is 13.5 Å². The zero-order chi connectivity index (χ0) is 25.1. The van der Waals surface area contributed by atoms with Gasteiger partial charge < -0.3 is 18.9 Å². The summed E-state index contributed by atoms with van der Waals surface area (Å²) in [4.78, 5) is 28.8. The number of hydrogen-bond donors (Lipinski definition) is 1. The van der Waals surface area contributed by atoms with E-state index in [0.29, 0.717) is 35.4 Å². The second-order valence-electron chi connectivity index (χ2n) is 9.04. The molecule has 3 aromatic heterocycles. The maximum absolute atomic E-state index is 14.6. The van der Waals surface area contributed by atoms with Crippen LogP contribution in [-0.2, 0) is 32.0 Å². The van der Waals surface area contributed by atoms with Gasteiger partial charge in [0.2, 0.25) is 0 Å². The van der Waals surface area contributed by atoms with E-state index in [4.69, 9.17) is 4.74 Å². The number of nitrogens with zero attached hydrogens (tertiary/aromatic N) is 2. The highest BCUT2D eigenvalue weighted by Crippen LogP contribution is 2.39. The molecule has 0 unspecified atom stereocenters. The van der Waals surface area contributed by atoms with Crippen LogP contribution >= 0.6 is 0 Å². The predicted molar refractivity (Wildman–Crippen MR) is 133 cm³/mol. The Morgan fingerprint density at radius 2 is 1.64 bits per heavy atom. The molecule has 1 N–H and O–H groups in total. The summed E-state index contributed by atoms with van der Waals surface area (Å²) in [5.41, 5.74) is 5.42. The van der Waals surface area contributed by atoms with Crippen LogP contribution in [0.15, 0.2) is 70.5 Å². The first kappa shape index (κ1) is 22.2. The molecule has 4 heterocycles. The number of nitrogens with one attached hydrogen (secondary N) is 1. The Hall–Kier alpha value is -4.30. The van der Waals surface area contributed by atoms with Crippen molar-refractivity contribution in [2.45, 2.75) is 13.2 Å². The molecule has 6 nitrogen and oxygen atoms in total. The van der Waals surface area contributed by atoms with Crippen molar-refractivity contribution in [3.63, 3.8) is 0 Å². The summed E-state index contributed by atoms with van der Waals surface area (Å²) in [7, 11) is 3.32. The molecule has 0 bridgehead atoms. The van der Waals surface area contributed by atoms with Crippen LogP contribution in [0.3, 0.4) is 0 Å². The van der Waals surface area contributed by atoms with Crippen LogP contribution in [0.5, 0.6) is 0 Å². The maximum Gasteiger partial charge on any atom is 0.274 e. The standard InChI is InChI=1S/C28H21F2N3O3/c1-32-11-21(17-5-3-4-15-13-36-14-23(15)17)19(10-26(32)34)22-12-33(2)28(35)27-20(22)9-25(31-27)18-7-6-16(29)8-24(18)30/h3-12,31H,13-14H2,1-2H3. The van der Waals surface area contributed by atoms with E-state index in [1.165, 1.54) is 21.3 Å². The molecule has 0 saturated heterocycles. The quantitative estimate of drug-likeness (QED) is 0.396. The number of pyridine rings is 2. The minimum absolute atomic E-state index is 0.142. The number of ether oxygens (including phenoxy) is 1. The zero-order valence-corrected chi connectivity index (χ0v) is 19.6. The third-order valence-electron chi connectivity index (χ3n) is 6.77. The minimum Gasteiger partial charge on any atom is -0.372 e. The molecule has 36 heavy (non-hydrogen) atoms. The Morgan fingerprint density at radius 1 is 0.833 bits per heavy atom. The van der Waals surface area contributed by atoms with Crippen molar-refractivity contribution in [3.05, 3.63) is 104 Å². The molecule has 1 aliphatic rings. The van der Waals surface area contributed by atoms with Gasteiger partial charge in [-0.2, -0.15) is 0 Å². The molecule has 1 aliphatic heterocycles. The Morgan fingerprint density at radius 3 is 2.44 bits per heavy atom. The summed E-state index contributed by atoms with van der Waals surface area (Å²) in [5.74, 6) is -1.43. The SMILES string of the molecule is Cn1cc(-c2cccc3c2COC3)c(-c2cn(C)c(=O)c3[nH]c(-c4ccc(F)cc4F)cc23)cc1=O. The Bertz CT molecular complexity index is 1810. The van der Waals surface area contributed by atoms with Crippen LogP contribution in [0, 0.1) is 11.6 Å². The highest BCUT2D eigenvalue weighted by Gasteiger charge is 2.22. The minimum atomic E-state index is -0.742. The van der Waals surface area contributed by atoms with E-state index >= 15 is 0 Å². The third kappa shape index (κ3) is 3.41. The van der Waals surface area contributed by atoms with Crippen LogP contribution in [0.25, 0.3) is 44.4 Å². The lowest BCUT2D eigenvalue weighted by atomic mass is 9.91. The maximum atomic E-state index is 14.6. The molecule has 5 aromatic rings. The molecule has 0 aliphatic carbocycles. The molecule has 180 valence electrons. The second-order valence-corrected chi connectivity index (χ2v) is 9.04. The lowest BCUT2D eigenvalue weighted by molar-refractivity contribution is 0.134. The van der Waals surface area contributed by atoms with Gasteiger partial charge in [-0.3, -0.25) is 9.59 Å². The van der Waals surface area contributed by atoms with E-state index in [-0.39, 0.29) is 22.2 Å². The molecule has 8 heteroatoms. The molecule has 0 amide bonds. The lowest BCUT2D eigenvalue weighted by Crippen LogP contribution is -2.18. The number of aromatic nitrogens is 3. The summed E-state index contributed by atoms with van der Waals surface area (Å²) < 4.78 is 36.7. The van der Waals surface area contributed by atoms with E-state index in [1.807, 2.05) is 18.2 Å². The number of fused-ring (bicyclic) bond motifs is 2. The Labute approximate surface area is 204 Å². The van der Waals surface area contributed by atoms with Crippen LogP contribution < -0.4 is 11.1 Å². The molecular weight excluding hydrogens is 464 g/mol. The monoisotopic (exact) mass is 485 g/mol. The summed E-state index contributed by atoms with van der Waals surface area (Å²) >= 11 is 0. The first-order valence-corrected chi connectivity index (χ1v) is 11.4. The van der Waals surface area contributed by atoms with Gasteiger partial charge in [-0.05, 0) is 40.5 Å². The topological polar surface area (TPSA) is 69.0 Å². The average molecular weight is 485 g/mol. The van der Waals surface area contributed by atoms with Crippen molar-refractivity contribution in [1.29, 1.82) is 0 Å². The second kappa shape index (κ2) is 8.13. The normalized spacial score (nSPS) is 12.9. The summed E-state index contributed by atoms with van der Waals surface area (Å²) in [6.07, 6.45) is 3.47. The van der Waals surface area contributed by atoms with E-state index < -0.39 is 11.6 Å². The fourth-order valence-electron chi connectivity index (χ4n) is 4.92. The molecule has 0 saturated carbocycles. The lowest BCUT2D eigenvalue weighted by Gasteiger charge is -2.16. The summed E-state index contributed by atoms with van der Waals surface area (Å²) in [5, 5.41) is 0.537. The van der Waals surface area contributed by atoms with Gasteiger partial charge in [0.15, 0.2) is 0 Å². The third-order valence-corrected chi connectivity index (χ3v) is 6.77. The molecule has 2 aromatic carbocycles. The zero-order valence-electron chi connectivity index (χ0n) is 19.6. The van der Waals surface area contributed by atoms with Gasteiger partial charge in [-0.25, -0.2) is 8.78 Å². The van der Waals surface area contributed by atoms with Crippen LogP contribution in [0.1, 0.15) is 11.1 Å². The Balaban J connectivity index is 1.66. The van der Waals surface area contributed by atoms with Crippen LogP contribution in [0.2, 0.25) is 0 Å². The number of hydrogen-bond acceptors (Lipinski definition) is 3. The Kier molecular flexibility index (Phi) is 5.01. The number of halogens is 2. The van der Waals surface area contributed by atoms with Gasteiger partial charge in [0.25, 0.3) is 11.1 Å². The van der Waals surface area contributed by atoms with Gasteiger partial charge >= 0.3 is 0 Å². The average Bonchev–Trinajstić information content (AvgIpc) is 3.51. The molecule has 0 fully saturated rings. The predicted octanol–water partition coefficient (Wildman–Crippen LogP) is 4.87. The van der Waals surface area contributed by atoms with Gasteiger partial charge in [0, 0.05) is 66.4 Å². The fourth-order valence-corrected chi connectivity index (χ4v) is 4.92. The summed E-state index contributed by atoms with van der Waals surface area (Å²) in [6, 6.07) is 12.5. The number of rotatable bonds is 3. The number of aryl methyl sites for hydroxylation is 2. The first-order valence-electron chi connectivity index (χ1n) is 11.4. The van der Waals surface area contributed by atoms with Crippen molar-refractivity contribution >= 4 is 10.9 Å². The van der Waals surface area contributed by atoms with E-state index in [9.17, 15) is 18.4 Å². The van der Waals surface area contributed by atoms with E-state index in [2.05, 4.69) is 4.98 Å². The number of benzene rings is 2. The number of aromatic amines is 1. The molecule has 0 spiro atoms. The largest absolute Gasteiger partial charge is 0.372 e. The van der Waals surface area contributed by atoms with Gasteiger partial charge in [0.1, 0.15) is 17.2 Å².